The van der Waals surface area contributed by atoms with Crippen LogP contribution in [0.5, 0.6) is 0 Å². The van der Waals surface area contributed by atoms with Gasteiger partial charge >= 0.3 is 0 Å². The number of aliphatic hydroxyl groups is 3. The van der Waals surface area contributed by atoms with Gasteiger partial charge in [-0.25, -0.2) is 0 Å². The smallest absolute Gasteiger partial charge is 0.224 e. The number of carbonyl (C=O) groups excluding carboxylic acids is 2. The Morgan fingerprint density at radius 2 is 0.913 bits per heavy atom. The Bertz CT molecular complexity index is 1510. The van der Waals surface area contributed by atoms with E-state index in [1.54, 1.807) is 0 Å². The standard InChI is InChI=1S/C39H42N2O5/c42-29(21-27(19-25-11-3-1-4-12-25)38(45)40-34-23-36(43)32-17-9-7-15-30(32)34)22-28(20-26-13-5-2-6-14-26)39(46)41-35-24-37(44)33-18-10-8-16-31(33)35/h1-18,27-29,34-37,42-44H,19-24H2,(H,40,45)(H,41,46)/t27-,28-,34+,35+,36-,37-/m1/s1. The van der Waals surface area contributed by atoms with Gasteiger partial charge in [-0.3, -0.25) is 9.59 Å². The molecule has 6 rings (SSSR count). The number of hydrogen-bond acceptors (Lipinski definition) is 5. The molecule has 0 fully saturated rings. The molecular formula is C39H42N2O5. The molecule has 238 valence electrons. The van der Waals surface area contributed by atoms with Gasteiger partial charge in [0.15, 0.2) is 0 Å². The number of nitrogens with one attached hydrogen (secondary N) is 2. The number of amides is 2. The molecule has 0 aliphatic heterocycles. The fourth-order valence-electron chi connectivity index (χ4n) is 7.19. The third-order valence-corrected chi connectivity index (χ3v) is 9.52. The minimum Gasteiger partial charge on any atom is -0.393 e. The maximum Gasteiger partial charge on any atom is 0.224 e. The molecule has 4 aromatic carbocycles. The van der Waals surface area contributed by atoms with E-state index < -0.39 is 30.1 Å². The van der Waals surface area contributed by atoms with Gasteiger partial charge in [0, 0.05) is 24.7 Å². The highest BCUT2D eigenvalue weighted by Crippen LogP contribution is 2.40. The first-order valence-electron chi connectivity index (χ1n) is 16.3. The minimum absolute atomic E-state index is 0.182. The van der Waals surface area contributed by atoms with E-state index >= 15 is 0 Å². The zero-order valence-electron chi connectivity index (χ0n) is 25.8. The Labute approximate surface area is 270 Å². The Balaban J connectivity index is 1.18. The van der Waals surface area contributed by atoms with Crippen LogP contribution in [0.15, 0.2) is 109 Å². The number of rotatable bonds is 12. The molecule has 0 heterocycles. The fraction of sp³-hybridized carbons (Fsp3) is 0.333. The van der Waals surface area contributed by atoms with Gasteiger partial charge in [-0.1, -0.05) is 109 Å². The molecule has 2 aliphatic carbocycles. The summed E-state index contributed by atoms with van der Waals surface area (Å²) in [4.78, 5) is 27.7. The summed E-state index contributed by atoms with van der Waals surface area (Å²) in [5.41, 5.74) is 5.47. The molecule has 0 saturated heterocycles. The van der Waals surface area contributed by atoms with Gasteiger partial charge in [0.05, 0.1) is 30.4 Å². The summed E-state index contributed by atoms with van der Waals surface area (Å²) >= 11 is 0. The van der Waals surface area contributed by atoms with Crippen molar-refractivity contribution in [2.24, 2.45) is 11.8 Å². The van der Waals surface area contributed by atoms with E-state index in [0.29, 0.717) is 25.7 Å². The molecule has 5 N–H and O–H groups in total. The van der Waals surface area contributed by atoms with Crippen molar-refractivity contribution in [2.45, 2.75) is 68.9 Å². The van der Waals surface area contributed by atoms with Gasteiger partial charge in [-0.2, -0.15) is 0 Å². The predicted octanol–water partition coefficient (Wildman–Crippen LogP) is 5.43. The third-order valence-electron chi connectivity index (χ3n) is 9.52. The molecule has 46 heavy (non-hydrogen) atoms. The van der Waals surface area contributed by atoms with Crippen LogP contribution in [-0.4, -0.2) is 33.2 Å². The molecule has 7 heteroatoms. The predicted molar refractivity (Wildman–Crippen MR) is 176 cm³/mol. The van der Waals surface area contributed by atoms with E-state index in [1.165, 1.54) is 0 Å². The zero-order valence-corrected chi connectivity index (χ0v) is 25.8. The second-order valence-electron chi connectivity index (χ2n) is 12.8. The molecule has 2 aliphatic rings. The van der Waals surface area contributed by atoms with Crippen molar-refractivity contribution in [3.05, 3.63) is 143 Å². The van der Waals surface area contributed by atoms with E-state index in [4.69, 9.17) is 0 Å². The molecule has 2 amide bonds. The van der Waals surface area contributed by atoms with Gasteiger partial charge in [0.2, 0.25) is 11.8 Å². The van der Waals surface area contributed by atoms with Crippen LogP contribution in [0.2, 0.25) is 0 Å². The van der Waals surface area contributed by atoms with Crippen molar-refractivity contribution >= 4 is 11.8 Å². The largest absolute Gasteiger partial charge is 0.393 e. The third kappa shape index (κ3) is 7.39. The molecule has 7 nitrogen and oxygen atoms in total. The SMILES string of the molecule is O=C(N[C@H]1C[C@@H](O)c2ccccc21)[C@H](Cc1ccccc1)CC(O)C[C@@H](Cc1ccccc1)C(=O)N[C@H]1C[C@@H](O)c2ccccc21. The molecular weight excluding hydrogens is 576 g/mol. The number of aliphatic hydroxyl groups excluding tert-OH is 3. The molecule has 0 unspecified atom stereocenters. The summed E-state index contributed by atoms with van der Waals surface area (Å²) in [5, 5.41) is 39.0. The lowest BCUT2D eigenvalue weighted by Gasteiger charge is -2.26. The Kier molecular flexibility index (Phi) is 9.93. The van der Waals surface area contributed by atoms with Gasteiger partial charge < -0.3 is 26.0 Å². The first kappa shape index (κ1) is 31.7. The van der Waals surface area contributed by atoms with E-state index in [-0.39, 0.29) is 36.7 Å². The highest BCUT2D eigenvalue weighted by molar-refractivity contribution is 5.80. The molecule has 0 radical (unpaired) electrons. The second kappa shape index (κ2) is 14.4. The van der Waals surface area contributed by atoms with Crippen molar-refractivity contribution in [1.29, 1.82) is 0 Å². The average Bonchev–Trinajstić information content (AvgIpc) is 3.56. The van der Waals surface area contributed by atoms with Crippen LogP contribution in [-0.2, 0) is 22.4 Å². The number of benzene rings is 4. The van der Waals surface area contributed by atoms with Gasteiger partial charge in [0.25, 0.3) is 0 Å². The summed E-state index contributed by atoms with van der Waals surface area (Å²) in [6.45, 7) is 0. The minimum atomic E-state index is -0.915. The van der Waals surface area contributed by atoms with Crippen LogP contribution < -0.4 is 10.6 Å². The highest BCUT2D eigenvalue weighted by Gasteiger charge is 2.35. The van der Waals surface area contributed by atoms with Gasteiger partial charge in [-0.15, -0.1) is 0 Å². The number of fused-ring (bicyclic) bond motifs is 2. The molecule has 0 saturated carbocycles. The van der Waals surface area contributed by atoms with Crippen molar-refractivity contribution in [3.63, 3.8) is 0 Å². The summed E-state index contributed by atoms with van der Waals surface area (Å²) in [6.07, 6.45) is -0.132. The van der Waals surface area contributed by atoms with E-state index in [9.17, 15) is 24.9 Å². The lowest BCUT2D eigenvalue weighted by molar-refractivity contribution is -0.127. The molecule has 0 aromatic heterocycles. The molecule has 0 spiro atoms. The van der Waals surface area contributed by atoms with Crippen LogP contribution in [0.3, 0.4) is 0 Å². The van der Waals surface area contributed by atoms with Crippen LogP contribution in [0.4, 0.5) is 0 Å². The summed E-state index contributed by atoms with van der Waals surface area (Å²) in [6, 6.07) is 34.1. The normalized spacial score (nSPS) is 21.3. The first-order chi connectivity index (χ1) is 22.4. The quantitative estimate of drug-likeness (QED) is 0.145. The van der Waals surface area contributed by atoms with E-state index in [2.05, 4.69) is 10.6 Å². The van der Waals surface area contributed by atoms with Gasteiger partial charge in [-0.05, 0) is 59.1 Å². The second-order valence-corrected chi connectivity index (χ2v) is 12.8. The Morgan fingerprint density at radius 3 is 1.30 bits per heavy atom. The average molecular weight is 619 g/mol. The summed E-state index contributed by atoms with van der Waals surface area (Å²) < 4.78 is 0. The maximum atomic E-state index is 13.8. The maximum absolute atomic E-state index is 13.8. The monoisotopic (exact) mass is 618 g/mol. The molecule has 4 aromatic rings. The van der Waals surface area contributed by atoms with Crippen LogP contribution in [0, 0.1) is 11.8 Å². The van der Waals surface area contributed by atoms with Crippen LogP contribution >= 0.6 is 0 Å². The highest BCUT2D eigenvalue weighted by atomic mass is 16.3. The zero-order chi connectivity index (χ0) is 32.0. The Hall–Kier alpha value is -4.30. The summed E-state index contributed by atoms with van der Waals surface area (Å²) in [7, 11) is 0. The first-order valence-corrected chi connectivity index (χ1v) is 16.3. The van der Waals surface area contributed by atoms with E-state index in [0.717, 1.165) is 33.4 Å². The lowest BCUT2D eigenvalue weighted by Crippen LogP contribution is -2.38. The van der Waals surface area contributed by atoms with Crippen LogP contribution in [0.1, 0.15) is 83.4 Å². The number of carbonyl (C=O) groups is 2. The molecule has 0 bridgehead atoms. The van der Waals surface area contributed by atoms with Crippen molar-refractivity contribution in [1.82, 2.24) is 10.6 Å². The van der Waals surface area contributed by atoms with Crippen molar-refractivity contribution in [2.75, 3.05) is 0 Å². The summed E-state index contributed by atoms with van der Waals surface area (Å²) in [5.74, 6) is -1.45. The lowest BCUT2D eigenvalue weighted by atomic mass is 9.86. The van der Waals surface area contributed by atoms with E-state index in [1.807, 2.05) is 109 Å². The van der Waals surface area contributed by atoms with Crippen molar-refractivity contribution in [3.8, 4) is 0 Å². The Morgan fingerprint density at radius 1 is 0.565 bits per heavy atom. The van der Waals surface area contributed by atoms with Crippen molar-refractivity contribution < 1.29 is 24.9 Å². The number of hydrogen-bond donors (Lipinski definition) is 5. The molecule has 6 atom stereocenters. The topological polar surface area (TPSA) is 119 Å². The fourth-order valence-corrected chi connectivity index (χ4v) is 7.19. The van der Waals surface area contributed by atoms with Crippen LogP contribution in [0.25, 0.3) is 0 Å². The van der Waals surface area contributed by atoms with Gasteiger partial charge in [0.1, 0.15) is 0 Å².